The van der Waals surface area contributed by atoms with Gasteiger partial charge in [-0.2, -0.15) is 0 Å². The largest absolute Gasteiger partial charge is 0.393 e. The molecular weight excluding hydrogens is 304 g/mol. The van der Waals surface area contributed by atoms with E-state index in [0.29, 0.717) is 24.3 Å². The quantitative estimate of drug-likeness (QED) is 0.488. The highest BCUT2D eigenvalue weighted by molar-refractivity contribution is 7.71. The highest BCUT2D eigenvalue weighted by atomic mass is 32.1. The van der Waals surface area contributed by atoms with E-state index in [1.165, 1.54) is 0 Å². The molecule has 0 fully saturated rings. The smallest absolute Gasteiger partial charge is 0.229 e. The second-order valence-electron chi connectivity index (χ2n) is 5.04. The molecule has 1 aromatic heterocycles. The molecule has 106 valence electrons. The van der Waals surface area contributed by atoms with Gasteiger partial charge in [0.15, 0.2) is 4.77 Å². The summed E-state index contributed by atoms with van der Waals surface area (Å²) in [6.07, 6.45) is -0.242. The van der Waals surface area contributed by atoms with Gasteiger partial charge in [0, 0.05) is 5.41 Å². The minimum absolute atomic E-state index is 0.229. The van der Waals surface area contributed by atoms with Crippen LogP contribution in [-0.2, 0) is 14.3 Å². The topological polar surface area (TPSA) is 50.0 Å². The van der Waals surface area contributed by atoms with Crippen molar-refractivity contribution in [3.8, 4) is 0 Å². The first kappa shape index (κ1) is 15.6. The summed E-state index contributed by atoms with van der Waals surface area (Å²) in [6.45, 7) is 8.30. The SMILES string of the molecule is C[Si]OC(O[Si]C)C(C)(C)c1ccc2[nH]c(=S)[nH]c2c1. The summed E-state index contributed by atoms with van der Waals surface area (Å²) in [6, 6.07) is 6.25. The lowest BCUT2D eigenvalue weighted by molar-refractivity contribution is -0.0432. The molecular formula is C13H18N2O2SSi2. The minimum Gasteiger partial charge on any atom is -0.393 e. The van der Waals surface area contributed by atoms with Crippen LogP contribution < -0.4 is 0 Å². The van der Waals surface area contributed by atoms with Gasteiger partial charge in [0.25, 0.3) is 0 Å². The summed E-state index contributed by atoms with van der Waals surface area (Å²) >= 11 is 5.13. The Morgan fingerprint density at radius 2 is 1.70 bits per heavy atom. The van der Waals surface area contributed by atoms with Crippen LogP contribution in [0.3, 0.4) is 0 Å². The number of nitrogens with one attached hydrogen (secondary N) is 2. The Balaban J connectivity index is 2.40. The Hall–Kier alpha value is -0.736. The van der Waals surface area contributed by atoms with Crippen molar-refractivity contribution in [3.63, 3.8) is 0 Å². The number of hydrogen-bond donors (Lipinski definition) is 2. The van der Waals surface area contributed by atoms with Crippen molar-refractivity contribution in [2.75, 3.05) is 0 Å². The second-order valence-corrected chi connectivity index (χ2v) is 6.73. The van der Waals surface area contributed by atoms with Crippen LogP contribution in [0.15, 0.2) is 18.2 Å². The molecule has 0 saturated carbocycles. The molecule has 0 bridgehead atoms. The normalized spacial score (nSPS) is 12.4. The number of imidazole rings is 1. The van der Waals surface area contributed by atoms with E-state index in [1.807, 2.05) is 19.2 Å². The molecule has 0 spiro atoms. The Morgan fingerprint density at radius 3 is 2.30 bits per heavy atom. The van der Waals surface area contributed by atoms with Gasteiger partial charge in [-0.05, 0) is 43.0 Å². The van der Waals surface area contributed by atoms with E-state index in [4.69, 9.17) is 21.1 Å². The van der Waals surface area contributed by atoms with Crippen molar-refractivity contribution in [1.82, 2.24) is 9.97 Å². The molecule has 2 N–H and O–H groups in total. The first-order chi connectivity index (χ1) is 9.48. The van der Waals surface area contributed by atoms with Crippen LogP contribution in [0.2, 0.25) is 13.1 Å². The summed E-state index contributed by atoms with van der Waals surface area (Å²) < 4.78 is 12.2. The maximum absolute atomic E-state index is 5.79. The van der Waals surface area contributed by atoms with Gasteiger partial charge in [0.05, 0.1) is 11.0 Å². The predicted octanol–water partition coefficient (Wildman–Crippen LogP) is 3.20. The molecule has 2 aromatic rings. The molecule has 0 unspecified atom stereocenters. The molecule has 0 aliphatic carbocycles. The maximum Gasteiger partial charge on any atom is 0.229 e. The number of fused-ring (bicyclic) bond motifs is 1. The van der Waals surface area contributed by atoms with E-state index >= 15 is 0 Å². The van der Waals surface area contributed by atoms with Gasteiger partial charge >= 0.3 is 0 Å². The van der Waals surface area contributed by atoms with Crippen LogP contribution in [-0.4, -0.2) is 35.8 Å². The standard InChI is InChI=1S/C13H18N2O2SSi2/c1-13(2,11(16-19-3)17-20-4)8-5-6-9-10(7-8)15-12(18)14-9/h5-7,11H,1-4H3,(H2,14,15,18). The van der Waals surface area contributed by atoms with Crippen LogP contribution in [0.25, 0.3) is 11.0 Å². The second kappa shape index (κ2) is 6.36. The fourth-order valence-electron chi connectivity index (χ4n) is 2.10. The predicted molar refractivity (Wildman–Crippen MR) is 85.7 cm³/mol. The maximum atomic E-state index is 5.79. The summed E-state index contributed by atoms with van der Waals surface area (Å²) in [4.78, 5) is 6.27. The van der Waals surface area contributed by atoms with Gasteiger partial charge in [-0.25, -0.2) is 0 Å². The van der Waals surface area contributed by atoms with Crippen LogP contribution in [0, 0.1) is 4.77 Å². The van der Waals surface area contributed by atoms with Gasteiger partial charge in [-0.1, -0.05) is 19.9 Å². The molecule has 4 radical (unpaired) electrons. The van der Waals surface area contributed by atoms with E-state index in [2.05, 4.69) is 35.9 Å². The third-order valence-corrected chi connectivity index (χ3v) is 4.40. The van der Waals surface area contributed by atoms with Crippen molar-refractivity contribution in [2.24, 2.45) is 0 Å². The number of aromatic amines is 2. The highest BCUT2D eigenvalue weighted by Crippen LogP contribution is 2.31. The number of rotatable bonds is 6. The average Bonchev–Trinajstić information content (AvgIpc) is 2.77. The number of benzene rings is 1. The summed E-state index contributed by atoms with van der Waals surface area (Å²) in [5.41, 5.74) is 2.96. The van der Waals surface area contributed by atoms with Crippen LogP contribution in [0.4, 0.5) is 0 Å². The first-order valence-electron chi connectivity index (χ1n) is 6.36. The Labute approximate surface area is 129 Å². The number of H-pyrrole nitrogens is 2. The zero-order valence-corrected chi connectivity index (χ0v) is 14.9. The van der Waals surface area contributed by atoms with Gasteiger partial charge < -0.3 is 18.8 Å². The van der Waals surface area contributed by atoms with Crippen molar-refractivity contribution < 1.29 is 8.85 Å². The number of aromatic nitrogens is 2. The van der Waals surface area contributed by atoms with Gasteiger partial charge in [-0.3, -0.25) is 0 Å². The lowest BCUT2D eigenvalue weighted by Crippen LogP contribution is -2.39. The van der Waals surface area contributed by atoms with Crippen molar-refractivity contribution >= 4 is 42.8 Å². The monoisotopic (exact) mass is 322 g/mol. The zero-order valence-electron chi connectivity index (χ0n) is 12.0. The first-order valence-corrected chi connectivity index (χ1v) is 9.59. The van der Waals surface area contributed by atoms with E-state index in [9.17, 15) is 0 Å². The fraction of sp³-hybridized carbons (Fsp3) is 0.462. The van der Waals surface area contributed by atoms with Crippen molar-refractivity contribution in [3.05, 3.63) is 28.5 Å². The average molecular weight is 323 g/mol. The lowest BCUT2D eigenvalue weighted by atomic mass is 9.84. The van der Waals surface area contributed by atoms with Crippen molar-refractivity contribution in [2.45, 2.75) is 38.6 Å². The highest BCUT2D eigenvalue weighted by Gasteiger charge is 2.32. The van der Waals surface area contributed by atoms with E-state index in [-0.39, 0.29) is 11.7 Å². The zero-order chi connectivity index (χ0) is 14.8. The van der Waals surface area contributed by atoms with Gasteiger partial charge in [0.1, 0.15) is 6.29 Å². The molecule has 0 aliphatic heterocycles. The fourth-order valence-corrected chi connectivity index (χ4v) is 3.53. The Kier molecular flexibility index (Phi) is 4.97. The summed E-state index contributed by atoms with van der Waals surface area (Å²) in [5, 5.41) is 0. The Bertz CT molecular complexity index is 633. The summed E-state index contributed by atoms with van der Waals surface area (Å²) in [5.74, 6) is 0. The molecule has 0 amide bonds. The molecule has 0 aliphatic rings. The molecule has 1 aromatic carbocycles. The molecule has 4 nitrogen and oxygen atoms in total. The van der Waals surface area contributed by atoms with Crippen LogP contribution in [0.1, 0.15) is 19.4 Å². The van der Waals surface area contributed by atoms with Crippen LogP contribution >= 0.6 is 12.2 Å². The molecule has 0 atom stereocenters. The summed E-state index contributed by atoms with van der Waals surface area (Å²) in [7, 11) is 0.801. The van der Waals surface area contributed by atoms with E-state index in [1.54, 1.807) is 0 Å². The third-order valence-electron chi connectivity index (χ3n) is 3.30. The molecule has 2 rings (SSSR count). The lowest BCUT2D eigenvalue weighted by Gasteiger charge is -2.34. The molecule has 0 saturated heterocycles. The van der Waals surface area contributed by atoms with Gasteiger partial charge in [-0.15, -0.1) is 0 Å². The van der Waals surface area contributed by atoms with E-state index < -0.39 is 0 Å². The minimum atomic E-state index is -0.242. The number of hydrogen-bond acceptors (Lipinski definition) is 3. The molecule has 20 heavy (non-hydrogen) atoms. The Morgan fingerprint density at radius 1 is 1.10 bits per heavy atom. The van der Waals surface area contributed by atoms with Gasteiger partial charge in [0.2, 0.25) is 19.5 Å². The third kappa shape index (κ3) is 3.12. The molecule has 7 heteroatoms. The molecule has 1 heterocycles. The van der Waals surface area contributed by atoms with Crippen LogP contribution in [0.5, 0.6) is 0 Å². The van der Waals surface area contributed by atoms with E-state index in [0.717, 1.165) is 16.6 Å². The van der Waals surface area contributed by atoms with Crippen molar-refractivity contribution in [1.29, 1.82) is 0 Å².